The molecule has 0 aliphatic carbocycles. The van der Waals surface area contributed by atoms with Crippen molar-refractivity contribution in [2.45, 2.75) is 51.6 Å². The van der Waals surface area contributed by atoms with Gasteiger partial charge < -0.3 is 14.5 Å². The second kappa shape index (κ2) is 9.55. The van der Waals surface area contributed by atoms with Crippen LogP contribution in [-0.4, -0.2) is 46.8 Å². The summed E-state index contributed by atoms with van der Waals surface area (Å²) in [4.78, 5) is 16.7. The van der Waals surface area contributed by atoms with Crippen molar-refractivity contribution in [3.8, 4) is 28.7 Å². The molecule has 3 heterocycles. The number of para-hydroxylation sites is 1. The van der Waals surface area contributed by atoms with Crippen LogP contribution in [0.15, 0.2) is 48.8 Å². The molecule has 1 fully saturated rings. The van der Waals surface area contributed by atoms with E-state index in [-0.39, 0.29) is 11.9 Å². The standard InChI is InChI=1S/C28H31N5O2/c1-19-8-9-25-26(33(19)20(2)34)11-10-24(28(25)35-27-7-5-4-6-21(27)16-29)22-17-30-32(18-22)23-12-14-31(3)15-13-23/h4-7,10-11,17-19,23H,8-9,12-15H2,1-3H3/t19-/m0/s1. The van der Waals surface area contributed by atoms with Gasteiger partial charge in [-0.1, -0.05) is 12.1 Å². The van der Waals surface area contributed by atoms with Crippen LogP contribution in [0.4, 0.5) is 5.69 Å². The van der Waals surface area contributed by atoms with E-state index in [2.05, 4.69) is 35.8 Å². The third-order valence-corrected chi connectivity index (χ3v) is 7.28. The lowest BCUT2D eigenvalue weighted by Crippen LogP contribution is -2.40. The Hall–Kier alpha value is -3.63. The van der Waals surface area contributed by atoms with E-state index in [4.69, 9.17) is 9.84 Å². The number of likely N-dealkylation sites (tertiary alicyclic amines) is 1. The summed E-state index contributed by atoms with van der Waals surface area (Å²) in [5.74, 6) is 1.23. The van der Waals surface area contributed by atoms with Crippen LogP contribution in [0.5, 0.6) is 11.5 Å². The molecule has 0 radical (unpaired) electrons. The maximum Gasteiger partial charge on any atom is 0.224 e. The first-order valence-electron chi connectivity index (χ1n) is 12.3. The fraction of sp³-hybridized carbons (Fsp3) is 0.393. The fourth-order valence-electron chi connectivity index (χ4n) is 5.32. The molecular formula is C28H31N5O2. The van der Waals surface area contributed by atoms with Crippen LogP contribution < -0.4 is 9.64 Å². The molecule has 2 aliphatic rings. The highest BCUT2D eigenvalue weighted by atomic mass is 16.5. The van der Waals surface area contributed by atoms with Gasteiger partial charge in [0.25, 0.3) is 0 Å². The lowest BCUT2D eigenvalue weighted by molar-refractivity contribution is -0.117. The topological polar surface area (TPSA) is 74.4 Å². The minimum Gasteiger partial charge on any atom is -0.455 e. The zero-order valence-electron chi connectivity index (χ0n) is 20.6. The smallest absolute Gasteiger partial charge is 0.224 e. The number of fused-ring (bicyclic) bond motifs is 1. The number of anilines is 1. The Kier molecular flexibility index (Phi) is 6.31. The first kappa shape index (κ1) is 23.1. The number of benzene rings is 2. The van der Waals surface area contributed by atoms with Crippen LogP contribution in [0.2, 0.25) is 0 Å². The summed E-state index contributed by atoms with van der Waals surface area (Å²) >= 11 is 0. The van der Waals surface area contributed by atoms with E-state index in [1.54, 1.807) is 13.0 Å². The highest BCUT2D eigenvalue weighted by Crippen LogP contribution is 2.45. The Labute approximate surface area is 206 Å². The normalized spacial score (nSPS) is 18.7. The number of ether oxygens (including phenoxy) is 1. The maximum atomic E-state index is 12.5. The maximum absolute atomic E-state index is 12.5. The molecule has 2 aliphatic heterocycles. The van der Waals surface area contributed by atoms with Crippen molar-refractivity contribution in [3.05, 3.63) is 59.9 Å². The van der Waals surface area contributed by atoms with Gasteiger partial charge in [-0.05, 0) is 77.0 Å². The number of hydrogen-bond acceptors (Lipinski definition) is 5. The number of nitrogens with zero attached hydrogens (tertiary/aromatic N) is 5. The summed E-state index contributed by atoms with van der Waals surface area (Å²) < 4.78 is 8.59. The summed E-state index contributed by atoms with van der Waals surface area (Å²) in [6.07, 6.45) is 7.80. The molecule has 0 saturated carbocycles. The Morgan fingerprint density at radius 3 is 2.66 bits per heavy atom. The van der Waals surface area contributed by atoms with Crippen molar-refractivity contribution in [2.24, 2.45) is 0 Å². The zero-order chi connectivity index (χ0) is 24.5. The molecule has 0 spiro atoms. The lowest BCUT2D eigenvalue weighted by atomic mass is 9.92. The number of carbonyl (C=O) groups excluding carboxylic acids is 1. The first-order chi connectivity index (χ1) is 17.0. The SMILES string of the molecule is CC(=O)N1c2ccc(-c3cnn(C4CCN(C)CC4)c3)c(Oc3ccccc3C#N)c2CC[C@@H]1C. The number of amides is 1. The van der Waals surface area contributed by atoms with Gasteiger partial charge in [-0.2, -0.15) is 10.4 Å². The third-order valence-electron chi connectivity index (χ3n) is 7.28. The Balaban J connectivity index is 1.60. The van der Waals surface area contributed by atoms with Crippen molar-refractivity contribution in [1.82, 2.24) is 14.7 Å². The minimum absolute atomic E-state index is 0.0182. The Morgan fingerprint density at radius 2 is 1.91 bits per heavy atom. The Morgan fingerprint density at radius 1 is 1.14 bits per heavy atom. The van der Waals surface area contributed by atoms with E-state index >= 15 is 0 Å². The molecule has 7 heteroatoms. The summed E-state index contributed by atoms with van der Waals surface area (Å²) in [5, 5.41) is 14.4. The fourth-order valence-corrected chi connectivity index (χ4v) is 5.32. The van der Waals surface area contributed by atoms with Gasteiger partial charge in [-0.15, -0.1) is 0 Å². The molecule has 35 heavy (non-hydrogen) atoms. The van der Waals surface area contributed by atoms with Crippen molar-refractivity contribution in [3.63, 3.8) is 0 Å². The molecule has 1 amide bonds. The predicted molar refractivity (Wildman–Crippen MR) is 136 cm³/mol. The van der Waals surface area contributed by atoms with Crippen molar-refractivity contribution < 1.29 is 9.53 Å². The third kappa shape index (κ3) is 4.42. The molecule has 7 nitrogen and oxygen atoms in total. The summed E-state index contributed by atoms with van der Waals surface area (Å²) in [5.41, 5.74) is 4.26. The van der Waals surface area contributed by atoms with Crippen LogP contribution in [0.1, 0.15) is 50.3 Å². The quantitative estimate of drug-likeness (QED) is 0.527. The van der Waals surface area contributed by atoms with E-state index in [1.165, 1.54) is 0 Å². The van der Waals surface area contributed by atoms with Gasteiger partial charge in [0.1, 0.15) is 17.6 Å². The van der Waals surface area contributed by atoms with Gasteiger partial charge in [0.05, 0.1) is 23.5 Å². The zero-order valence-corrected chi connectivity index (χ0v) is 20.6. The summed E-state index contributed by atoms with van der Waals surface area (Å²) in [7, 11) is 2.16. The average molecular weight is 470 g/mol. The molecule has 0 N–H and O–H groups in total. The highest BCUT2D eigenvalue weighted by Gasteiger charge is 2.30. The Bertz CT molecular complexity index is 1280. The molecule has 1 saturated heterocycles. The predicted octanol–water partition coefficient (Wildman–Crippen LogP) is 5.17. The second-order valence-corrected chi connectivity index (χ2v) is 9.67. The van der Waals surface area contributed by atoms with E-state index in [1.807, 2.05) is 41.4 Å². The van der Waals surface area contributed by atoms with Gasteiger partial charge >= 0.3 is 0 Å². The molecule has 0 bridgehead atoms. The molecule has 2 aromatic carbocycles. The monoisotopic (exact) mass is 469 g/mol. The van der Waals surface area contributed by atoms with Crippen molar-refractivity contribution >= 4 is 11.6 Å². The van der Waals surface area contributed by atoms with Gasteiger partial charge in [-0.25, -0.2) is 0 Å². The molecule has 3 aromatic rings. The number of aromatic nitrogens is 2. The van der Waals surface area contributed by atoms with E-state index in [9.17, 15) is 10.1 Å². The molecular weight excluding hydrogens is 438 g/mol. The molecule has 1 aromatic heterocycles. The van der Waals surface area contributed by atoms with Gasteiger partial charge in [-0.3, -0.25) is 9.48 Å². The number of nitriles is 1. The highest BCUT2D eigenvalue weighted by molar-refractivity contribution is 5.95. The van der Waals surface area contributed by atoms with Crippen molar-refractivity contribution in [2.75, 3.05) is 25.0 Å². The van der Waals surface area contributed by atoms with Crippen LogP contribution in [0.25, 0.3) is 11.1 Å². The van der Waals surface area contributed by atoms with Gasteiger partial charge in [0, 0.05) is 35.9 Å². The van der Waals surface area contributed by atoms with Gasteiger partial charge in [0.2, 0.25) is 5.91 Å². The molecule has 180 valence electrons. The molecule has 5 rings (SSSR count). The molecule has 0 unspecified atom stereocenters. The van der Waals surface area contributed by atoms with Crippen LogP contribution >= 0.6 is 0 Å². The second-order valence-electron chi connectivity index (χ2n) is 9.67. The number of carbonyl (C=O) groups is 1. The van der Waals surface area contributed by atoms with E-state index in [0.717, 1.165) is 61.2 Å². The molecule has 1 atom stereocenters. The van der Waals surface area contributed by atoms with Gasteiger partial charge in [0.15, 0.2) is 0 Å². The summed E-state index contributed by atoms with van der Waals surface area (Å²) in [6, 6.07) is 14.1. The summed E-state index contributed by atoms with van der Waals surface area (Å²) in [6.45, 7) is 5.82. The number of piperidine rings is 1. The van der Waals surface area contributed by atoms with Crippen LogP contribution in [0, 0.1) is 11.3 Å². The minimum atomic E-state index is 0.0182. The average Bonchev–Trinajstić information content (AvgIpc) is 3.34. The number of hydrogen-bond donors (Lipinski definition) is 0. The van der Waals surface area contributed by atoms with Crippen LogP contribution in [-0.2, 0) is 11.2 Å². The van der Waals surface area contributed by atoms with E-state index < -0.39 is 0 Å². The van der Waals surface area contributed by atoms with Crippen molar-refractivity contribution in [1.29, 1.82) is 5.26 Å². The first-order valence-corrected chi connectivity index (χ1v) is 12.3. The number of rotatable bonds is 4. The van der Waals surface area contributed by atoms with E-state index in [0.29, 0.717) is 23.1 Å². The largest absolute Gasteiger partial charge is 0.455 e. The lowest BCUT2D eigenvalue weighted by Gasteiger charge is -2.36. The van der Waals surface area contributed by atoms with Crippen LogP contribution in [0.3, 0.4) is 0 Å².